The summed E-state index contributed by atoms with van der Waals surface area (Å²) in [6.07, 6.45) is 1.81. The topological polar surface area (TPSA) is 50.4 Å². The zero-order chi connectivity index (χ0) is 19.8. The molecule has 0 atom stereocenters. The van der Waals surface area contributed by atoms with Gasteiger partial charge < -0.3 is 5.32 Å². The number of aryl methyl sites for hydroxylation is 1. The van der Waals surface area contributed by atoms with Crippen molar-refractivity contribution in [2.45, 2.75) is 6.92 Å². The molecule has 3 aromatic carbocycles. The van der Waals surface area contributed by atoms with Crippen molar-refractivity contribution in [3.63, 3.8) is 0 Å². The molecule has 0 unspecified atom stereocenters. The number of halogens is 1. The van der Waals surface area contributed by atoms with Crippen LogP contribution in [0.1, 0.15) is 21.5 Å². The Labute approximate surface area is 169 Å². The van der Waals surface area contributed by atoms with Crippen LogP contribution in [-0.4, -0.2) is 12.5 Å². The molecule has 2 N–H and O–H groups in total. The third kappa shape index (κ3) is 5.46. The van der Waals surface area contributed by atoms with Gasteiger partial charge in [0.25, 0.3) is 5.91 Å². The number of amides is 1. The van der Waals surface area contributed by atoms with Crippen molar-refractivity contribution in [1.29, 1.82) is 0 Å². The molecule has 5 heteroatoms. The maximum absolute atomic E-state index is 12.6. The van der Waals surface area contributed by atoms with Crippen molar-refractivity contribution < 1.29 is 9.63 Å². The molecular formula is C23H21ClN2O2. The molecule has 1 amide bonds. The van der Waals surface area contributed by atoms with Crippen molar-refractivity contribution in [2.24, 2.45) is 0 Å². The van der Waals surface area contributed by atoms with Crippen LogP contribution >= 0.6 is 11.6 Å². The molecule has 4 nitrogen and oxygen atoms in total. The summed E-state index contributed by atoms with van der Waals surface area (Å²) in [5.74, 6) is -0.210. The molecule has 0 aliphatic rings. The summed E-state index contributed by atoms with van der Waals surface area (Å²) in [4.78, 5) is 18.2. The lowest BCUT2D eigenvalue weighted by Crippen LogP contribution is -2.26. The Hall–Kier alpha value is -3.08. The molecule has 0 saturated heterocycles. The highest BCUT2D eigenvalue weighted by molar-refractivity contribution is 6.32. The molecule has 3 aromatic rings. The molecule has 0 aromatic heterocycles. The molecule has 0 fully saturated rings. The van der Waals surface area contributed by atoms with Crippen molar-refractivity contribution in [3.05, 3.63) is 106 Å². The summed E-state index contributed by atoms with van der Waals surface area (Å²) in [6, 6.07) is 24.3. The third-order valence-electron chi connectivity index (χ3n) is 4.10. The van der Waals surface area contributed by atoms with Crippen LogP contribution in [0.2, 0.25) is 5.02 Å². The fourth-order valence-corrected chi connectivity index (χ4v) is 2.77. The van der Waals surface area contributed by atoms with Crippen molar-refractivity contribution in [2.75, 3.05) is 12.1 Å². The lowest BCUT2D eigenvalue weighted by molar-refractivity contribution is 0.0957. The lowest BCUT2D eigenvalue weighted by atomic mass is 10.1. The number of nitrogens with one attached hydrogen (secondary N) is 2. The average molecular weight is 393 g/mol. The van der Waals surface area contributed by atoms with Crippen molar-refractivity contribution >= 4 is 29.3 Å². The first-order valence-corrected chi connectivity index (χ1v) is 9.26. The minimum atomic E-state index is -0.210. The Morgan fingerprint density at radius 2 is 1.64 bits per heavy atom. The Morgan fingerprint density at radius 3 is 2.39 bits per heavy atom. The van der Waals surface area contributed by atoms with Gasteiger partial charge in [0, 0.05) is 16.3 Å². The van der Waals surface area contributed by atoms with Gasteiger partial charge in [0.15, 0.2) is 0 Å². The van der Waals surface area contributed by atoms with Crippen LogP contribution in [0.25, 0.3) is 6.08 Å². The zero-order valence-electron chi connectivity index (χ0n) is 15.5. The first kappa shape index (κ1) is 19.7. The first-order chi connectivity index (χ1) is 13.6. The predicted octanol–water partition coefficient (Wildman–Crippen LogP) is 5.46. The minimum absolute atomic E-state index is 0.151. The summed E-state index contributed by atoms with van der Waals surface area (Å²) < 4.78 is 0. The summed E-state index contributed by atoms with van der Waals surface area (Å²) >= 11 is 6.26. The number of para-hydroxylation sites is 1. The van der Waals surface area contributed by atoms with Gasteiger partial charge in [0.05, 0.1) is 5.69 Å². The molecule has 0 aliphatic heterocycles. The molecule has 0 heterocycles. The normalized spacial score (nSPS) is 11.1. The van der Waals surface area contributed by atoms with Crippen molar-refractivity contribution in [1.82, 2.24) is 5.32 Å². The van der Waals surface area contributed by atoms with Gasteiger partial charge in [0.1, 0.15) is 6.61 Å². The van der Waals surface area contributed by atoms with E-state index >= 15 is 0 Å². The maximum atomic E-state index is 12.6. The van der Waals surface area contributed by atoms with E-state index in [1.165, 1.54) is 0 Å². The van der Waals surface area contributed by atoms with Crippen LogP contribution in [0.15, 0.2) is 84.6 Å². The molecule has 0 saturated carbocycles. The first-order valence-electron chi connectivity index (χ1n) is 8.88. The number of rotatable bonds is 7. The molecule has 142 valence electrons. The SMILES string of the molecule is Cc1ccccc1NOC/C(=C\c1ccccc1Cl)NC(=O)c1ccccc1. The quantitative estimate of drug-likeness (QED) is 0.524. The molecule has 3 rings (SSSR count). The Kier molecular flexibility index (Phi) is 6.84. The summed E-state index contributed by atoms with van der Waals surface area (Å²) in [7, 11) is 0. The highest BCUT2D eigenvalue weighted by Crippen LogP contribution is 2.18. The van der Waals surface area contributed by atoms with Crippen LogP contribution in [-0.2, 0) is 4.84 Å². The monoisotopic (exact) mass is 392 g/mol. The fourth-order valence-electron chi connectivity index (χ4n) is 2.58. The van der Waals surface area contributed by atoms with E-state index < -0.39 is 0 Å². The number of hydrogen-bond donors (Lipinski definition) is 2. The second-order valence-electron chi connectivity index (χ2n) is 6.22. The fraction of sp³-hybridized carbons (Fsp3) is 0.0870. The largest absolute Gasteiger partial charge is 0.323 e. The average Bonchev–Trinajstić information content (AvgIpc) is 2.71. The third-order valence-corrected chi connectivity index (χ3v) is 4.44. The van der Waals surface area contributed by atoms with Gasteiger partial charge >= 0.3 is 0 Å². The van der Waals surface area contributed by atoms with Crippen molar-refractivity contribution in [3.8, 4) is 0 Å². The van der Waals surface area contributed by atoms with E-state index in [1.807, 2.05) is 73.7 Å². The van der Waals surface area contributed by atoms with E-state index in [1.54, 1.807) is 18.2 Å². The maximum Gasteiger partial charge on any atom is 0.255 e. The molecule has 0 radical (unpaired) electrons. The van der Waals surface area contributed by atoms with Crippen LogP contribution in [0.4, 0.5) is 5.69 Å². The Balaban J connectivity index is 1.75. The second-order valence-corrected chi connectivity index (χ2v) is 6.62. The number of benzene rings is 3. The Bertz CT molecular complexity index is 971. The Morgan fingerprint density at radius 1 is 0.964 bits per heavy atom. The van der Waals surface area contributed by atoms with Crippen LogP contribution < -0.4 is 10.8 Å². The van der Waals surface area contributed by atoms with E-state index in [0.29, 0.717) is 16.3 Å². The van der Waals surface area contributed by atoms with Gasteiger partial charge in [-0.05, 0) is 48.4 Å². The predicted molar refractivity (Wildman–Crippen MR) is 114 cm³/mol. The van der Waals surface area contributed by atoms with Gasteiger partial charge in [-0.2, -0.15) is 0 Å². The smallest absolute Gasteiger partial charge is 0.255 e. The van der Waals surface area contributed by atoms with E-state index in [0.717, 1.165) is 16.8 Å². The lowest BCUT2D eigenvalue weighted by Gasteiger charge is -2.13. The van der Waals surface area contributed by atoms with E-state index in [4.69, 9.17) is 16.4 Å². The van der Waals surface area contributed by atoms with Gasteiger partial charge in [-0.3, -0.25) is 15.1 Å². The summed E-state index contributed by atoms with van der Waals surface area (Å²) in [6.45, 7) is 2.14. The molecule has 28 heavy (non-hydrogen) atoms. The van der Waals surface area contributed by atoms with E-state index in [-0.39, 0.29) is 12.5 Å². The van der Waals surface area contributed by atoms with Crippen LogP contribution in [0.5, 0.6) is 0 Å². The number of anilines is 1. The molecule has 0 bridgehead atoms. The number of carbonyl (C=O) groups excluding carboxylic acids is 1. The molecular weight excluding hydrogens is 372 g/mol. The van der Waals surface area contributed by atoms with Gasteiger partial charge in [-0.25, -0.2) is 0 Å². The standard InChI is InChI=1S/C23H21ClN2O2/c1-17-9-5-8-14-22(17)26-28-16-20(15-19-12-6-7-13-21(19)24)25-23(27)18-10-3-2-4-11-18/h2-15,26H,16H2,1H3,(H,25,27)/b20-15+. The zero-order valence-corrected chi connectivity index (χ0v) is 16.2. The molecule has 0 aliphatic carbocycles. The van der Waals surface area contributed by atoms with Crippen LogP contribution in [0, 0.1) is 6.92 Å². The highest BCUT2D eigenvalue weighted by Gasteiger charge is 2.09. The van der Waals surface area contributed by atoms with Gasteiger partial charge in [-0.1, -0.05) is 66.2 Å². The van der Waals surface area contributed by atoms with Crippen LogP contribution in [0.3, 0.4) is 0 Å². The van der Waals surface area contributed by atoms with Gasteiger partial charge in [0.2, 0.25) is 0 Å². The molecule has 0 spiro atoms. The highest BCUT2D eigenvalue weighted by atomic mass is 35.5. The summed E-state index contributed by atoms with van der Waals surface area (Å²) in [5.41, 5.74) is 6.82. The van der Waals surface area contributed by atoms with E-state index in [2.05, 4.69) is 10.8 Å². The van der Waals surface area contributed by atoms with E-state index in [9.17, 15) is 4.79 Å². The minimum Gasteiger partial charge on any atom is -0.323 e. The number of hydrogen-bond acceptors (Lipinski definition) is 3. The number of carbonyl (C=O) groups is 1. The van der Waals surface area contributed by atoms with Gasteiger partial charge in [-0.15, -0.1) is 0 Å². The second kappa shape index (κ2) is 9.74. The summed E-state index contributed by atoms with van der Waals surface area (Å²) in [5, 5.41) is 3.51.